The van der Waals surface area contributed by atoms with Gasteiger partial charge in [0.05, 0.1) is 23.2 Å². The van der Waals surface area contributed by atoms with E-state index < -0.39 is 9.84 Å². The zero-order valence-electron chi connectivity index (χ0n) is 10.8. The molecule has 2 heterocycles. The van der Waals surface area contributed by atoms with Crippen LogP contribution in [0.25, 0.3) is 0 Å². The van der Waals surface area contributed by atoms with Gasteiger partial charge in [-0.3, -0.25) is 4.68 Å². The molecule has 2 aliphatic rings. The largest absolute Gasteiger partial charge is 0.321 e. The Labute approximate surface area is 107 Å². The maximum Gasteiger partial charge on any atom is 0.152 e. The van der Waals surface area contributed by atoms with Crippen molar-refractivity contribution in [3.63, 3.8) is 0 Å². The predicted octanol–water partition coefficient (Wildman–Crippen LogP) is 0.807. The Bertz CT molecular complexity index is 599. The van der Waals surface area contributed by atoms with Gasteiger partial charge in [-0.25, -0.2) is 8.42 Å². The molecule has 1 aromatic heterocycles. The second-order valence-electron chi connectivity index (χ2n) is 5.70. The van der Waals surface area contributed by atoms with E-state index in [9.17, 15) is 8.42 Å². The van der Waals surface area contributed by atoms with Crippen LogP contribution in [0.3, 0.4) is 0 Å². The number of sulfone groups is 1. The highest BCUT2D eigenvalue weighted by Gasteiger charge is 2.44. The van der Waals surface area contributed by atoms with Crippen LogP contribution in [0.15, 0.2) is 0 Å². The summed E-state index contributed by atoms with van der Waals surface area (Å²) in [6.07, 6.45) is 2.67. The van der Waals surface area contributed by atoms with Crippen molar-refractivity contribution in [2.24, 2.45) is 5.73 Å². The van der Waals surface area contributed by atoms with Gasteiger partial charge < -0.3 is 5.73 Å². The molecule has 0 aromatic carbocycles. The first-order valence-corrected chi connectivity index (χ1v) is 8.20. The van der Waals surface area contributed by atoms with Crippen molar-refractivity contribution in [2.75, 3.05) is 11.5 Å². The number of aryl methyl sites for hydroxylation is 1. The lowest BCUT2D eigenvalue weighted by Crippen LogP contribution is -2.21. The lowest BCUT2D eigenvalue weighted by atomic mass is 10.0. The first-order chi connectivity index (χ1) is 8.32. The molecule has 18 heavy (non-hydrogen) atoms. The van der Waals surface area contributed by atoms with Gasteiger partial charge in [0.1, 0.15) is 0 Å². The number of nitrogens with two attached hydrogens (primary N) is 1. The van der Waals surface area contributed by atoms with Gasteiger partial charge >= 0.3 is 0 Å². The standard InChI is InChI=1S/C12H19N3O2S/c1-8-11(12(13)4-5-12)9(2)15(14-8)10-3-6-18(16,17)7-10/h10H,3-7,13H2,1-2H3. The van der Waals surface area contributed by atoms with Crippen LogP contribution in [0.2, 0.25) is 0 Å². The monoisotopic (exact) mass is 269 g/mol. The van der Waals surface area contributed by atoms with Crippen molar-refractivity contribution in [2.45, 2.75) is 44.7 Å². The molecule has 6 heteroatoms. The molecule has 0 bridgehead atoms. The number of hydrogen-bond donors (Lipinski definition) is 1. The minimum atomic E-state index is -2.88. The molecule has 3 rings (SSSR count). The molecular formula is C12H19N3O2S. The van der Waals surface area contributed by atoms with Gasteiger partial charge in [-0.1, -0.05) is 0 Å². The van der Waals surface area contributed by atoms with Crippen LogP contribution in [0, 0.1) is 13.8 Å². The van der Waals surface area contributed by atoms with E-state index in [0.717, 1.165) is 29.8 Å². The van der Waals surface area contributed by atoms with Crippen LogP contribution in [-0.2, 0) is 15.4 Å². The molecule has 1 unspecified atom stereocenters. The van der Waals surface area contributed by atoms with Crippen LogP contribution in [0.1, 0.15) is 42.3 Å². The summed E-state index contributed by atoms with van der Waals surface area (Å²) >= 11 is 0. The zero-order chi connectivity index (χ0) is 13.1. The maximum atomic E-state index is 11.6. The molecule has 0 spiro atoms. The Morgan fingerprint density at radius 1 is 1.39 bits per heavy atom. The third-order valence-corrected chi connectivity index (χ3v) is 5.92. The molecule has 1 aliphatic carbocycles. The summed E-state index contributed by atoms with van der Waals surface area (Å²) in [7, 11) is -2.88. The Balaban J connectivity index is 2.00. The minimum absolute atomic E-state index is 0.00944. The molecule has 5 nitrogen and oxygen atoms in total. The molecule has 100 valence electrons. The first kappa shape index (κ1) is 12.2. The van der Waals surface area contributed by atoms with E-state index in [0.29, 0.717) is 6.42 Å². The number of nitrogens with zero attached hydrogens (tertiary/aromatic N) is 2. The fraction of sp³-hybridized carbons (Fsp3) is 0.750. The highest BCUT2D eigenvalue weighted by Crippen LogP contribution is 2.46. The van der Waals surface area contributed by atoms with E-state index >= 15 is 0 Å². The minimum Gasteiger partial charge on any atom is -0.321 e. The molecule has 1 atom stereocenters. The van der Waals surface area contributed by atoms with Gasteiger partial charge in [-0.2, -0.15) is 5.10 Å². The SMILES string of the molecule is Cc1nn(C2CCS(=O)(=O)C2)c(C)c1C1(N)CC1. The molecular weight excluding hydrogens is 250 g/mol. The molecule has 0 amide bonds. The number of aromatic nitrogens is 2. The summed E-state index contributed by atoms with van der Waals surface area (Å²) in [6, 6.07) is -0.00944. The molecule has 1 aliphatic heterocycles. The van der Waals surface area contributed by atoms with E-state index in [2.05, 4.69) is 5.10 Å². The van der Waals surface area contributed by atoms with Gasteiger partial charge in [0, 0.05) is 16.8 Å². The van der Waals surface area contributed by atoms with E-state index in [4.69, 9.17) is 5.73 Å². The van der Waals surface area contributed by atoms with Gasteiger partial charge in [-0.15, -0.1) is 0 Å². The van der Waals surface area contributed by atoms with Crippen LogP contribution < -0.4 is 5.73 Å². The average molecular weight is 269 g/mol. The normalized spacial score (nSPS) is 28.5. The maximum absolute atomic E-state index is 11.6. The average Bonchev–Trinajstić information content (AvgIpc) is 2.76. The smallest absolute Gasteiger partial charge is 0.152 e. The summed E-state index contributed by atoms with van der Waals surface area (Å²) in [6.45, 7) is 3.97. The van der Waals surface area contributed by atoms with Crippen molar-refractivity contribution in [1.82, 2.24) is 9.78 Å². The van der Waals surface area contributed by atoms with Crippen molar-refractivity contribution in [3.8, 4) is 0 Å². The molecule has 1 saturated carbocycles. The molecule has 0 radical (unpaired) electrons. The van der Waals surface area contributed by atoms with Crippen LogP contribution in [0.5, 0.6) is 0 Å². The summed E-state index contributed by atoms with van der Waals surface area (Å²) in [5, 5.41) is 4.54. The van der Waals surface area contributed by atoms with Crippen LogP contribution >= 0.6 is 0 Å². The van der Waals surface area contributed by atoms with Gasteiger partial charge in [0.15, 0.2) is 9.84 Å². The molecule has 1 aromatic rings. The Morgan fingerprint density at radius 2 is 2.06 bits per heavy atom. The number of hydrogen-bond acceptors (Lipinski definition) is 4. The zero-order valence-corrected chi connectivity index (χ0v) is 11.6. The Morgan fingerprint density at radius 3 is 2.56 bits per heavy atom. The van der Waals surface area contributed by atoms with Gasteiger partial charge in [-0.05, 0) is 33.1 Å². The summed E-state index contributed by atoms with van der Waals surface area (Å²) in [4.78, 5) is 0. The van der Waals surface area contributed by atoms with E-state index in [1.165, 1.54) is 0 Å². The fourth-order valence-corrected chi connectivity index (χ4v) is 4.78. The summed E-state index contributed by atoms with van der Waals surface area (Å²) in [5.41, 5.74) is 9.20. The predicted molar refractivity (Wildman–Crippen MR) is 69.1 cm³/mol. The molecule has 2 fully saturated rings. The van der Waals surface area contributed by atoms with Crippen LogP contribution in [-0.4, -0.2) is 29.7 Å². The molecule has 2 N–H and O–H groups in total. The van der Waals surface area contributed by atoms with Crippen molar-refractivity contribution in [1.29, 1.82) is 0 Å². The lowest BCUT2D eigenvalue weighted by Gasteiger charge is -2.13. The third-order valence-electron chi connectivity index (χ3n) is 4.17. The van der Waals surface area contributed by atoms with Crippen LogP contribution in [0.4, 0.5) is 0 Å². The Hall–Kier alpha value is -0.880. The third kappa shape index (κ3) is 1.78. The van der Waals surface area contributed by atoms with Gasteiger partial charge in [0.25, 0.3) is 0 Å². The fourth-order valence-electron chi connectivity index (χ4n) is 3.09. The number of rotatable bonds is 2. The van der Waals surface area contributed by atoms with E-state index in [1.54, 1.807) is 0 Å². The lowest BCUT2D eigenvalue weighted by molar-refractivity contribution is 0.484. The van der Waals surface area contributed by atoms with Crippen molar-refractivity contribution in [3.05, 3.63) is 17.0 Å². The molecule has 1 saturated heterocycles. The summed E-state index contributed by atoms with van der Waals surface area (Å²) < 4.78 is 25.0. The highest BCUT2D eigenvalue weighted by atomic mass is 32.2. The quantitative estimate of drug-likeness (QED) is 0.861. The van der Waals surface area contributed by atoms with E-state index in [1.807, 2.05) is 18.5 Å². The highest BCUT2D eigenvalue weighted by molar-refractivity contribution is 7.91. The second kappa shape index (κ2) is 3.57. The van der Waals surface area contributed by atoms with Gasteiger partial charge in [0.2, 0.25) is 0 Å². The second-order valence-corrected chi connectivity index (χ2v) is 7.93. The summed E-state index contributed by atoms with van der Waals surface area (Å²) in [5.74, 6) is 0.491. The van der Waals surface area contributed by atoms with Crippen molar-refractivity contribution >= 4 is 9.84 Å². The van der Waals surface area contributed by atoms with Crippen molar-refractivity contribution < 1.29 is 8.42 Å². The first-order valence-electron chi connectivity index (χ1n) is 6.38. The Kier molecular flexibility index (Phi) is 2.41. The topological polar surface area (TPSA) is 78.0 Å². The van der Waals surface area contributed by atoms with E-state index in [-0.39, 0.29) is 23.1 Å².